The molecule has 0 aromatic heterocycles. The fourth-order valence-electron chi connectivity index (χ4n) is 2.62. The van der Waals surface area contributed by atoms with Crippen molar-refractivity contribution in [3.8, 4) is 17.2 Å². The van der Waals surface area contributed by atoms with Crippen LogP contribution < -0.4 is 14.2 Å². The van der Waals surface area contributed by atoms with Gasteiger partial charge >= 0.3 is 5.97 Å². The zero-order valence-corrected chi connectivity index (χ0v) is 12.4. The number of benzene rings is 1. The van der Waals surface area contributed by atoms with Crippen LogP contribution in [0.3, 0.4) is 0 Å². The summed E-state index contributed by atoms with van der Waals surface area (Å²) in [6.45, 7) is 0.534. The summed E-state index contributed by atoms with van der Waals surface area (Å²) in [6.07, 6.45) is 0.770. The average molecular weight is 296 g/mol. The second kappa shape index (κ2) is 6.67. The summed E-state index contributed by atoms with van der Waals surface area (Å²) >= 11 is 0. The summed E-state index contributed by atoms with van der Waals surface area (Å²) in [5.41, 5.74) is 0.669. The number of rotatable bonds is 5. The molecule has 0 saturated carbocycles. The number of carboxylic acids is 1. The molecule has 6 nitrogen and oxygen atoms in total. The molecule has 1 saturated heterocycles. The van der Waals surface area contributed by atoms with Crippen LogP contribution in [0.25, 0.3) is 0 Å². The summed E-state index contributed by atoms with van der Waals surface area (Å²) in [4.78, 5) is 11.4. The second-order valence-electron chi connectivity index (χ2n) is 4.83. The Balaban J connectivity index is 2.47. The van der Waals surface area contributed by atoms with Crippen molar-refractivity contribution >= 4 is 5.97 Å². The van der Waals surface area contributed by atoms with Crippen LogP contribution in [-0.4, -0.2) is 39.0 Å². The number of hydrogen-bond acceptors (Lipinski definition) is 5. The molecule has 0 aliphatic carbocycles. The lowest BCUT2D eigenvalue weighted by Gasteiger charge is -2.30. The molecule has 2 atom stereocenters. The Morgan fingerprint density at radius 2 is 1.76 bits per heavy atom. The molecule has 0 spiro atoms. The predicted molar refractivity (Wildman–Crippen MR) is 75.2 cm³/mol. The van der Waals surface area contributed by atoms with Crippen LogP contribution in [0.15, 0.2) is 12.1 Å². The fourth-order valence-corrected chi connectivity index (χ4v) is 2.62. The van der Waals surface area contributed by atoms with Gasteiger partial charge in [0.1, 0.15) is 5.75 Å². The van der Waals surface area contributed by atoms with Crippen LogP contribution in [0.5, 0.6) is 17.2 Å². The average Bonchev–Trinajstić information content (AvgIpc) is 2.53. The zero-order valence-electron chi connectivity index (χ0n) is 12.4. The van der Waals surface area contributed by atoms with E-state index >= 15 is 0 Å². The lowest BCUT2D eigenvalue weighted by molar-refractivity contribution is -0.152. The van der Waals surface area contributed by atoms with E-state index < -0.39 is 18.0 Å². The van der Waals surface area contributed by atoms with Gasteiger partial charge in [-0.1, -0.05) is 0 Å². The predicted octanol–water partition coefficient (Wildman–Crippen LogP) is 2.26. The SMILES string of the molecule is COc1cc(OC)c(C2OCCCC2C(=O)O)cc1OC. The Bertz CT molecular complexity index is 513. The van der Waals surface area contributed by atoms with Crippen molar-refractivity contribution in [2.45, 2.75) is 18.9 Å². The van der Waals surface area contributed by atoms with Gasteiger partial charge in [-0.05, 0) is 18.9 Å². The lowest BCUT2D eigenvalue weighted by Crippen LogP contribution is -2.29. The van der Waals surface area contributed by atoms with Crippen LogP contribution in [0.4, 0.5) is 0 Å². The van der Waals surface area contributed by atoms with E-state index in [4.69, 9.17) is 18.9 Å². The zero-order chi connectivity index (χ0) is 15.4. The Morgan fingerprint density at radius 3 is 2.33 bits per heavy atom. The first kappa shape index (κ1) is 15.4. The molecular formula is C15H20O6. The first-order chi connectivity index (χ1) is 10.1. The van der Waals surface area contributed by atoms with Gasteiger partial charge in [0.2, 0.25) is 0 Å². The lowest BCUT2D eigenvalue weighted by atomic mass is 9.89. The molecule has 0 radical (unpaired) electrons. The van der Waals surface area contributed by atoms with E-state index in [1.54, 1.807) is 12.1 Å². The first-order valence-electron chi connectivity index (χ1n) is 6.76. The van der Waals surface area contributed by atoms with Gasteiger partial charge in [-0.15, -0.1) is 0 Å². The molecule has 1 heterocycles. The number of aliphatic carboxylic acids is 1. The van der Waals surface area contributed by atoms with E-state index in [0.717, 1.165) is 6.42 Å². The van der Waals surface area contributed by atoms with Crippen molar-refractivity contribution in [3.63, 3.8) is 0 Å². The minimum atomic E-state index is -0.864. The van der Waals surface area contributed by atoms with E-state index in [-0.39, 0.29) is 0 Å². The van der Waals surface area contributed by atoms with E-state index in [9.17, 15) is 9.90 Å². The summed E-state index contributed by atoms with van der Waals surface area (Å²) in [6, 6.07) is 3.41. The highest BCUT2D eigenvalue weighted by atomic mass is 16.5. The normalized spacial score (nSPS) is 21.7. The number of carboxylic acid groups (broad SMARTS) is 1. The molecule has 1 aliphatic rings. The molecule has 1 aromatic rings. The van der Waals surface area contributed by atoms with Crippen LogP contribution in [0.2, 0.25) is 0 Å². The third kappa shape index (κ3) is 3.05. The summed E-state index contributed by atoms with van der Waals surface area (Å²) < 4.78 is 21.6. The molecule has 6 heteroatoms. The third-order valence-electron chi connectivity index (χ3n) is 3.68. The van der Waals surface area contributed by atoms with Crippen molar-refractivity contribution in [1.29, 1.82) is 0 Å². The van der Waals surface area contributed by atoms with Crippen LogP contribution in [-0.2, 0) is 9.53 Å². The van der Waals surface area contributed by atoms with Crippen LogP contribution in [0, 0.1) is 5.92 Å². The molecule has 1 N–H and O–H groups in total. The van der Waals surface area contributed by atoms with E-state index in [1.807, 2.05) is 0 Å². The number of carbonyl (C=O) groups is 1. The Hall–Kier alpha value is -1.95. The topological polar surface area (TPSA) is 74.2 Å². The van der Waals surface area contributed by atoms with Crippen molar-refractivity contribution in [3.05, 3.63) is 17.7 Å². The smallest absolute Gasteiger partial charge is 0.309 e. The van der Waals surface area contributed by atoms with E-state index in [0.29, 0.717) is 35.8 Å². The standard InChI is InChI=1S/C15H20O6/c1-18-11-8-13(20-3)12(19-2)7-10(11)14-9(15(16)17)5-4-6-21-14/h7-9,14H,4-6H2,1-3H3,(H,16,17). The largest absolute Gasteiger partial charge is 0.496 e. The van der Waals surface area contributed by atoms with Crippen molar-refractivity contribution in [2.24, 2.45) is 5.92 Å². The third-order valence-corrected chi connectivity index (χ3v) is 3.68. The maximum Gasteiger partial charge on any atom is 0.309 e. The number of hydrogen-bond donors (Lipinski definition) is 1. The van der Waals surface area contributed by atoms with Gasteiger partial charge in [0.05, 0.1) is 33.4 Å². The van der Waals surface area contributed by atoms with Crippen molar-refractivity contribution < 1.29 is 28.8 Å². The maximum absolute atomic E-state index is 11.4. The number of ether oxygens (including phenoxy) is 4. The highest BCUT2D eigenvalue weighted by Crippen LogP contribution is 2.43. The minimum absolute atomic E-state index is 0.520. The molecule has 21 heavy (non-hydrogen) atoms. The maximum atomic E-state index is 11.4. The van der Waals surface area contributed by atoms with Gasteiger partial charge in [-0.2, -0.15) is 0 Å². The molecule has 2 unspecified atom stereocenters. The molecule has 1 aliphatic heterocycles. The molecule has 0 bridgehead atoms. The van der Waals surface area contributed by atoms with E-state index in [1.165, 1.54) is 21.3 Å². The van der Waals surface area contributed by atoms with Gasteiger partial charge in [-0.25, -0.2) is 0 Å². The van der Waals surface area contributed by atoms with Gasteiger partial charge in [-0.3, -0.25) is 4.79 Å². The minimum Gasteiger partial charge on any atom is -0.496 e. The fraction of sp³-hybridized carbons (Fsp3) is 0.533. The highest BCUT2D eigenvalue weighted by Gasteiger charge is 2.35. The molecule has 1 aromatic carbocycles. The van der Waals surface area contributed by atoms with E-state index in [2.05, 4.69) is 0 Å². The summed E-state index contributed by atoms with van der Waals surface area (Å²) in [5.74, 6) is 0.125. The van der Waals surface area contributed by atoms with Crippen molar-refractivity contribution in [2.75, 3.05) is 27.9 Å². The van der Waals surface area contributed by atoms with Gasteiger partial charge in [0, 0.05) is 18.2 Å². The summed E-state index contributed by atoms with van der Waals surface area (Å²) in [5, 5.41) is 9.38. The van der Waals surface area contributed by atoms with Crippen LogP contribution >= 0.6 is 0 Å². The Labute approximate surface area is 123 Å². The Kier molecular flexibility index (Phi) is 4.90. The van der Waals surface area contributed by atoms with Crippen molar-refractivity contribution in [1.82, 2.24) is 0 Å². The Morgan fingerprint density at radius 1 is 1.14 bits per heavy atom. The van der Waals surface area contributed by atoms with Gasteiger partial charge in [0.25, 0.3) is 0 Å². The first-order valence-corrected chi connectivity index (χ1v) is 6.76. The quantitative estimate of drug-likeness (QED) is 0.898. The van der Waals surface area contributed by atoms with Gasteiger partial charge in [0.15, 0.2) is 11.5 Å². The summed E-state index contributed by atoms with van der Waals surface area (Å²) in [7, 11) is 4.60. The van der Waals surface area contributed by atoms with Crippen LogP contribution in [0.1, 0.15) is 24.5 Å². The molecule has 1 fully saturated rings. The molecule has 2 rings (SSSR count). The second-order valence-corrected chi connectivity index (χ2v) is 4.83. The molecule has 116 valence electrons. The number of methoxy groups -OCH3 is 3. The molecular weight excluding hydrogens is 276 g/mol. The molecule has 0 amide bonds. The monoisotopic (exact) mass is 296 g/mol. The highest BCUT2D eigenvalue weighted by molar-refractivity contribution is 5.71. The van der Waals surface area contributed by atoms with Gasteiger partial charge < -0.3 is 24.1 Å².